The van der Waals surface area contributed by atoms with E-state index >= 15 is 0 Å². The van der Waals surface area contributed by atoms with Crippen molar-refractivity contribution in [2.45, 2.75) is 69.8 Å². The van der Waals surface area contributed by atoms with Crippen LogP contribution in [0.3, 0.4) is 0 Å². The number of Topliss-reactive ketones (excluding diaryl/α,β-unsaturated/α-hetero) is 1. The smallest absolute Gasteiger partial charge is 0.136 e. The Labute approximate surface area is 131 Å². The molecule has 2 nitrogen and oxygen atoms in total. The Hall–Kier alpha value is -0.670. The van der Waals surface area contributed by atoms with Gasteiger partial charge in [-0.2, -0.15) is 0 Å². The van der Waals surface area contributed by atoms with E-state index in [1.807, 2.05) is 0 Å². The van der Waals surface area contributed by atoms with Crippen molar-refractivity contribution >= 4 is 17.1 Å². The number of ketones is 1. The second-order valence-corrected chi connectivity index (χ2v) is 7.71. The van der Waals surface area contributed by atoms with E-state index in [4.69, 9.17) is 4.74 Å². The fourth-order valence-corrected chi connectivity index (χ4v) is 4.69. The molecule has 2 heterocycles. The monoisotopic (exact) mass is 306 g/mol. The van der Waals surface area contributed by atoms with Gasteiger partial charge < -0.3 is 4.74 Å². The zero-order chi connectivity index (χ0) is 14.5. The van der Waals surface area contributed by atoms with E-state index in [1.54, 1.807) is 11.3 Å². The van der Waals surface area contributed by atoms with Gasteiger partial charge in [0.25, 0.3) is 0 Å². The molecule has 0 N–H and O–H groups in total. The van der Waals surface area contributed by atoms with Crippen molar-refractivity contribution in [3.8, 4) is 0 Å². The predicted molar refractivity (Wildman–Crippen MR) is 86.8 cm³/mol. The molecule has 0 amide bonds. The van der Waals surface area contributed by atoms with E-state index in [2.05, 4.69) is 17.5 Å². The molecule has 3 heteroatoms. The molecule has 1 aliphatic heterocycles. The molecular formula is C18H26O2S. The number of hydrogen-bond acceptors (Lipinski definition) is 3. The molecule has 21 heavy (non-hydrogen) atoms. The molecule has 1 saturated carbocycles. The van der Waals surface area contributed by atoms with Gasteiger partial charge in [-0.15, -0.1) is 11.3 Å². The lowest BCUT2D eigenvalue weighted by atomic mass is 9.74. The number of hydrogen-bond donors (Lipinski definition) is 0. The SMILES string of the molecule is O=C(CCCc1cccs1)C1CCOC2(CCCCC2)C1. The zero-order valence-electron chi connectivity index (χ0n) is 12.8. The number of carbonyl (C=O) groups is 1. The maximum atomic E-state index is 12.5. The summed E-state index contributed by atoms with van der Waals surface area (Å²) in [5, 5.41) is 2.11. The van der Waals surface area contributed by atoms with Crippen LogP contribution in [-0.2, 0) is 16.0 Å². The van der Waals surface area contributed by atoms with Crippen LogP contribution in [0.15, 0.2) is 17.5 Å². The quantitative estimate of drug-likeness (QED) is 0.783. The van der Waals surface area contributed by atoms with Crippen molar-refractivity contribution in [1.82, 2.24) is 0 Å². The standard InChI is InChI=1S/C18H26O2S/c19-17(8-4-6-16-7-5-13-21-16)15-9-12-20-18(14-15)10-2-1-3-11-18/h5,7,13,15H,1-4,6,8-12,14H2. The van der Waals surface area contributed by atoms with Crippen LogP contribution in [0.4, 0.5) is 0 Å². The summed E-state index contributed by atoms with van der Waals surface area (Å²) in [7, 11) is 0. The molecule has 1 aromatic rings. The topological polar surface area (TPSA) is 26.3 Å². The number of thiophene rings is 1. The largest absolute Gasteiger partial charge is 0.375 e. The minimum Gasteiger partial charge on any atom is -0.375 e. The first-order valence-corrected chi connectivity index (χ1v) is 9.34. The Morgan fingerprint density at radius 2 is 2.19 bits per heavy atom. The highest BCUT2D eigenvalue weighted by molar-refractivity contribution is 7.09. The summed E-state index contributed by atoms with van der Waals surface area (Å²) in [5.74, 6) is 0.750. The van der Waals surface area contributed by atoms with Crippen molar-refractivity contribution in [3.05, 3.63) is 22.4 Å². The van der Waals surface area contributed by atoms with E-state index in [1.165, 1.54) is 37.0 Å². The molecule has 1 atom stereocenters. The molecule has 2 fully saturated rings. The highest BCUT2D eigenvalue weighted by atomic mass is 32.1. The van der Waals surface area contributed by atoms with Crippen molar-refractivity contribution in [2.75, 3.05) is 6.61 Å². The number of ether oxygens (including phenoxy) is 1. The Kier molecular flexibility index (Phi) is 5.12. The number of rotatable bonds is 5. The molecule has 0 aromatic carbocycles. The van der Waals surface area contributed by atoms with Crippen molar-refractivity contribution in [1.29, 1.82) is 0 Å². The Balaban J connectivity index is 1.47. The van der Waals surface area contributed by atoms with E-state index in [0.29, 0.717) is 5.78 Å². The van der Waals surface area contributed by atoms with E-state index < -0.39 is 0 Å². The first-order valence-electron chi connectivity index (χ1n) is 8.47. The lowest BCUT2D eigenvalue weighted by Crippen LogP contribution is -2.43. The minimum atomic E-state index is 0.0601. The van der Waals surface area contributed by atoms with Gasteiger partial charge in [-0.05, 0) is 50.0 Å². The van der Waals surface area contributed by atoms with Gasteiger partial charge in [0.05, 0.1) is 5.60 Å². The maximum Gasteiger partial charge on any atom is 0.136 e. The second-order valence-electron chi connectivity index (χ2n) is 6.68. The summed E-state index contributed by atoms with van der Waals surface area (Å²) in [6.07, 6.45) is 11.0. The van der Waals surface area contributed by atoms with Gasteiger partial charge in [0.1, 0.15) is 5.78 Å². The van der Waals surface area contributed by atoms with Gasteiger partial charge in [0.2, 0.25) is 0 Å². The molecule has 0 radical (unpaired) electrons. The summed E-state index contributed by atoms with van der Waals surface area (Å²) in [5.41, 5.74) is 0.0601. The molecule has 0 bridgehead atoms. The number of aryl methyl sites for hydroxylation is 1. The second kappa shape index (κ2) is 7.06. The van der Waals surface area contributed by atoms with Crippen LogP contribution in [0.5, 0.6) is 0 Å². The Bertz CT molecular complexity index is 440. The third-order valence-corrected chi connectivity index (χ3v) is 6.08. The third kappa shape index (κ3) is 3.95. The first kappa shape index (κ1) is 15.2. The van der Waals surface area contributed by atoms with Crippen LogP contribution in [0.25, 0.3) is 0 Å². The highest BCUT2D eigenvalue weighted by Gasteiger charge is 2.40. The van der Waals surface area contributed by atoms with Crippen molar-refractivity contribution < 1.29 is 9.53 Å². The summed E-state index contributed by atoms with van der Waals surface area (Å²) in [6.45, 7) is 0.793. The van der Waals surface area contributed by atoms with Gasteiger partial charge in [0.15, 0.2) is 0 Å². The van der Waals surface area contributed by atoms with Crippen LogP contribution in [0.2, 0.25) is 0 Å². The average Bonchev–Trinajstić information content (AvgIpc) is 3.01. The van der Waals surface area contributed by atoms with E-state index in [-0.39, 0.29) is 11.5 Å². The Morgan fingerprint density at radius 3 is 2.95 bits per heavy atom. The first-order chi connectivity index (χ1) is 10.3. The van der Waals surface area contributed by atoms with Gasteiger partial charge >= 0.3 is 0 Å². The lowest BCUT2D eigenvalue weighted by Gasteiger charge is -2.43. The molecular weight excluding hydrogens is 280 g/mol. The molecule has 116 valence electrons. The van der Waals surface area contributed by atoms with Crippen LogP contribution in [0.1, 0.15) is 62.7 Å². The van der Waals surface area contributed by atoms with Gasteiger partial charge in [-0.25, -0.2) is 0 Å². The third-order valence-electron chi connectivity index (χ3n) is 5.14. The van der Waals surface area contributed by atoms with E-state index in [0.717, 1.165) is 38.7 Å². The molecule has 1 saturated heterocycles. The molecule has 1 spiro atoms. The van der Waals surface area contributed by atoms with Crippen LogP contribution in [0, 0.1) is 5.92 Å². The Morgan fingerprint density at radius 1 is 1.33 bits per heavy atom. The van der Waals surface area contributed by atoms with Crippen molar-refractivity contribution in [2.24, 2.45) is 5.92 Å². The summed E-state index contributed by atoms with van der Waals surface area (Å²) in [6, 6.07) is 4.26. The zero-order valence-corrected chi connectivity index (χ0v) is 13.6. The number of carbonyl (C=O) groups excluding carboxylic acids is 1. The normalized spacial score (nSPS) is 25.0. The fourth-order valence-electron chi connectivity index (χ4n) is 3.94. The molecule has 3 rings (SSSR count). The van der Waals surface area contributed by atoms with Gasteiger partial charge in [-0.3, -0.25) is 4.79 Å². The highest BCUT2D eigenvalue weighted by Crippen LogP contribution is 2.41. The van der Waals surface area contributed by atoms with Crippen LogP contribution < -0.4 is 0 Å². The summed E-state index contributed by atoms with van der Waals surface area (Å²) < 4.78 is 6.10. The van der Waals surface area contributed by atoms with Crippen molar-refractivity contribution in [3.63, 3.8) is 0 Å². The summed E-state index contributed by atoms with van der Waals surface area (Å²) in [4.78, 5) is 13.9. The maximum absolute atomic E-state index is 12.5. The predicted octanol–water partition coefficient (Wildman–Crippen LogP) is 4.77. The van der Waals surface area contributed by atoms with E-state index in [9.17, 15) is 4.79 Å². The van der Waals surface area contributed by atoms with Crippen LogP contribution in [-0.4, -0.2) is 18.0 Å². The minimum absolute atomic E-state index is 0.0601. The van der Waals surface area contributed by atoms with Gasteiger partial charge in [0, 0.05) is 23.8 Å². The average molecular weight is 306 g/mol. The summed E-state index contributed by atoms with van der Waals surface area (Å²) >= 11 is 1.80. The van der Waals surface area contributed by atoms with Gasteiger partial charge in [-0.1, -0.05) is 25.3 Å². The molecule has 1 aliphatic carbocycles. The lowest BCUT2D eigenvalue weighted by molar-refractivity contribution is -0.143. The molecule has 1 unspecified atom stereocenters. The molecule has 1 aromatic heterocycles. The molecule has 2 aliphatic rings. The van der Waals surface area contributed by atoms with Crippen LogP contribution >= 0.6 is 11.3 Å². The fraction of sp³-hybridized carbons (Fsp3) is 0.722.